The lowest BCUT2D eigenvalue weighted by Crippen LogP contribution is -2.52. The first-order chi connectivity index (χ1) is 10.7. The Morgan fingerprint density at radius 1 is 1.05 bits per heavy atom. The fraction of sp³-hybridized carbons (Fsp3) is 0.833. The van der Waals surface area contributed by atoms with Gasteiger partial charge < -0.3 is 14.2 Å². The van der Waals surface area contributed by atoms with Crippen molar-refractivity contribution in [1.82, 2.24) is 0 Å². The molecular weight excluding hydrogens is 280 g/mol. The first kappa shape index (κ1) is 13.6. The summed E-state index contributed by atoms with van der Waals surface area (Å²) in [5, 5.41) is 0. The second-order valence-corrected chi connectivity index (χ2v) is 8.21. The van der Waals surface area contributed by atoms with Crippen LogP contribution in [0.15, 0.2) is 12.2 Å². The minimum Gasteiger partial charge on any atom is -0.437 e. The van der Waals surface area contributed by atoms with Crippen molar-refractivity contribution in [3.63, 3.8) is 0 Å². The maximum Gasteiger partial charge on any atom is 0.338 e. The molecule has 1 aliphatic heterocycles. The van der Waals surface area contributed by atoms with Gasteiger partial charge in [0.25, 0.3) is 0 Å². The first-order valence-corrected chi connectivity index (χ1v) is 8.83. The van der Waals surface area contributed by atoms with Gasteiger partial charge in [0.1, 0.15) is 0 Å². The average Bonchev–Trinajstić information content (AvgIpc) is 3.08. The van der Waals surface area contributed by atoms with E-state index >= 15 is 0 Å². The van der Waals surface area contributed by atoms with Crippen LogP contribution in [0.1, 0.15) is 44.9 Å². The van der Waals surface area contributed by atoms with E-state index in [4.69, 9.17) is 14.2 Å². The van der Waals surface area contributed by atoms with E-state index in [1.165, 1.54) is 38.5 Å². The van der Waals surface area contributed by atoms with Crippen molar-refractivity contribution in [2.24, 2.45) is 23.7 Å². The zero-order chi connectivity index (χ0) is 14.7. The predicted molar refractivity (Wildman–Crippen MR) is 78.9 cm³/mol. The molecular formula is C18H24O4. The molecule has 3 unspecified atom stereocenters. The molecule has 5 fully saturated rings. The van der Waals surface area contributed by atoms with Crippen LogP contribution in [-0.4, -0.2) is 30.6 Å². The molecule has 6 aliphatic rings. The van der Waals surface area contributed by atoms with Gasteiger partial charge >= 0.3 is 5.97 Å². The molecule has 6 rings (SSSR count). The standard InChI is InChI=1S/C18H24O4/c19-17(16-14-1-2-15(6-14)22-16)20-10-21-18-7-11-3-12(8-18)5-13(4-11)9-18/h1-2,11-16H,3-10H2. The second kappa shape index (κ2) is 4.81. The fourth-order valence-electron chi connectivity index (χ4n) is 6.04. The molecule has 0 radical (unpaired) electrons. The van der Waals surface area contributed by atoms with E-state index in [9.17, 15) is 4.79 Å². The molecule has 1 heterocycles. The SMILES string of the molecule is O=C(OCOC12CC3CC(CC(C3)C1)C2)C1OC2C=CC1C2. The molecule has 6 bridgehead atoms. The summed E-state index contributed by atoms with van der Waals surface area (Å²) >= 11 is 0. The van der Waals surface area contributed by atoms with Crippen LogP contribution < -0.4 is 0 Å². The molecule has 3 atom stereocenters. The van der Waals surface area contributed by atoms with Gasteiger partial charge in [-0.25, -0.2) is 4.79 Å². The molecule has 0 aromatic carbocycles. The van der Waals surface area contributed by atoms with Crippen LogP contribution in [0.25, 0.3) is 0 Å². The molecule has 0 N–H and O–H groups in total. The molecule has 0 aromatic rings. The number of hydrogen-bond donors (Lipinski definition) is 0. The molecule has 120 valence electrons. The van der Waals surface area contributed by atoms with Gasteiger partial charge in [0, 0.05) is 5.92 Å². The number of rotatable bonds is 4. The molecule has 4 heteroatoms. The summed E-state index contributed by atoms with van der Waals surface area (Å²) in [6.07, 6.45) is 12.5. The molecule has 22 heavy (non-hydrogen) atoms. The zero-order valence-electron chi connectivity index (χ0n) is 12.9. The summed E-state index contributed by atoms with van der Waals surface area (Å²) in [6, 6.07) is 0. The summed E-state index contributed by atoms with van der Waals surface area (Å²) in [5.74, 6) is 2.50. The minimum atomic E-state index is -0.407. The van der Waals surface area contributed by atoms with Crippen molar-refractivity contribution in [3.8, 4) is 0 Å². The lowest BCUT2D eigenvalue weighted by Gasteiger charge is -2.56. The van der Waals surface area contributed by atoms with E-state index in [1.54, 1.807) is 0 Å². The van der Waals surface area contributed by atoms with Crippen LogP contribution in [0.2, 0.25) is 0 Å². The monoisotopic (exact) mass is 304 g/mol. The van der Waals surface area contributed by atoms with E-state index < -0.39 is 6.10 Å². The third-order valence-electron chi connectivity index (χ3n) is 6.57. The van der Waals surface area contributed by atoms with Crippen molar-refractivity contribution >= 4 is 5.97 Å². The lowest BCUT2D eigenvalue weighted by molar-refractivity contribution is -0.215. The van der Waals surface area contributed by atoms with Crippen LogP contribution in [-0.2, 0) is 19.0 Å². The second-order valence-electron chi connectivity index (χ2n) is 8.21. The summed E-state index contributed by atoms with van der Waals surface area (Å²) < 4.78 is 17.2. The smallest absolute Gasteiger partial charge is 0.338 e. The first-order valence-electron chi connectivity index (χ1n) is 8.83. The van der Waals surface area contributed by atoms with Crippen molar-refractivity contribution in [2.75, 3.05) is 6.79 Å². The molecule has 4 nitrogen and oxygen atoms in total. The number of carbonyl (C=O) groups is 1. The van der Waals surface area contributed by atoms with Gasteiger partial charge in [-0.2, -0.15) is 0 Å². The third kappa shape index (κ3) is 2.15. The Morgan fingerprint density at radius 3 is 2.27 bits per heavy atom. The maximum atomic E-state index is 12.2. The topological polar surface area (TPSA) is 44.8 Å². The largest absolute Gasteiger partial charge is 0.437 e. The van der Waals surface area contributed by atoms with Crippen LogP contribution >= 0.6 is 0 Å². The van der Waals surface area contributed by atoms with E-state index in [2.05, 4.69) is 6.08 Å². The highest BCUT2D eigenvalue weighted by Gasteiger charge is 2.52. The van der Waals surface area contributed by atoms with Gasteiger partial charge in [-0.1, -0.05) is 12.2 Å². The van der Waals surface area contributed by atoms with Crippen molar-refractivity contribution < 1.29 is 19.0 Å². The van der Waals surface area contributed by atoms with Gasteiger partial charge in [0.05, 0.1) is 11.7 Å². The Kier molecular flexibility index (Phi) is 2.97. The summed E-state index contributed by atoms with van der Waals surface area (Å²) in [4.78, 5) is 12.2. The Hall–Kier alpha value is -0.870. The van der Waals surface area contributed by atoms with Crippen molar-refractivity contribution in [3.05, 3.63) is 12.2 Å². The maximum absolute atomic E-state index is 12.2. The van der Waals surface area contributed by atoms with E-state index in [0.29, 0.717) is 0 Å². The van der Waals surface area contributed by atoms with E-state index in [1.807, 2.05) is 6.08 Å². The fourth-order valence-corrected chi connectivity index (χ4v) is 6.04. The Bertz CT molecular complexity index is 476. The zero-order valence-corrected chi connectivity index (χ0v) is 12.9. The summed E-state index contributed by atoms with van der Waals surface area (Å²) in [7, 11) is 0. The molecule has 0 spiro atoms. The van der Waals surface area contributed by atoms with Crippen LogP contribution in [0.5, 0.6) is 0 Å². The Balaban J connectivity index is 1.16. The highest BCUT2D eigenvalue weighted by molar-refractivity contribution is 5.76. The number of esters is 1. The summed E-state index contributed by atoms with van der Waals surface area (Å²) in [5.41, 5.74) is 0.00444. The van der Waals surface area contributed by atoms with Gasteiger partial charge in [0.15, 0.2) is 12.9 Å². The van der Waals surface area contributed by atoms with Crippen LogP contribution in [0.4, 0.5) is 0 Å². The molecule has 1 saturated heterocycles. The van der Waals surface area contributed by atoms with E-state index in [0.717, 1.165) is 24.2 Å². The van der Waals surface area contributed by atoms with Crippen LogP contribution in [0, 0.1) is 23.7 Å². The average molecular weight is 304 g/mol. The highest BCUT2D eigenvalue weighted by atomic mass is 16.7. The number of carbonyl (C=O) groups excluding carboxylic acids is 1. The minimum absolute atomic E-state index is 0.00444. The third-order valence-corrected chi connectivity index (χ3v) is 6.57. The van der Waals surface area contributed by atoms with Gasteiger partial charge in [-0.15, -0.1) is 0 Å². The number of hydrogen-bond acceptors (Lipinski definition) is 4. The van der Waals surface area contributed by atoms with Crippen molar-refractivity contribution in [1.29, 1.82) is 0 Å². The predicted octanol–water partition coefficient (Wildman–Crippen LogP) is 2.82. The van der Waals surface area contributed by atoms with Gasteiger partial charge in [-0.3, -0.25) is 0 Å². The lowest BCUT2D eigenvalue weighted by atomic mass is 9.54. The Morgan fingerprint density at radius 2 is 1.73 bits per heavy atom. The number of fused-ring (bicyclic) bond motifs is 2. The molecule has 0 amide bonds. The molecule has 0 aromatic heterocycles. The molecule has 4 saturated carbocycles. The van der Waals surface area contributed by atoms with E-state index in [-0.39, 0.29) is 30.4 Å². The van der Waals surface area contributed by atoms with Gasteiger partial charge in [-0.05, 0) is 62.7 Å². The highest BCUT2D eigenvalue weighted by Crippen LogP contribution is 2.57. The number of ether oxygens (including phenoxy) is 3. The summed E-state index contributed by atoms with van der Waals surface area (Å²) in [6.45, 7) is 0.103. The normalized spacial score (nSPS) is 50.7. The molecule has 5 aliphatic carbocycles. The van der Waals surface area contributed by atoms with Crippen LogP contribution in [0.3, 0.4) is 0 Å². The Labute approximate surface area is 131 Å². The quantitative estimate of drug-likeness (QED) is 0.455. The van der Waals surface area contributed by atoms with Gasteiger partial charge in [0.2, 0.25) is 0 Å². The van der Waals surface area contributed by atoms with Crippen molar-refractivity contribution in [2.45, 2.75) is 62.8 Å².